The Morgan fingerprint density at radius 1 is 0.947 bits per heavy atom. The molecule has 3 nitrogen and oxygen atoms in total. The van der Waals surface area contributed by atoms with Crippen molar-refractivity contribution in [2.24, 2.45) is 5.73 Å². The molecule has 0 amide bonds. The molecule has 2 aromatic carbocycles. The van der Waals surface area contributed by atoms with Crippen molar-refractivity contribution in [1.29, 1.82) is 0 Å². The van der Waals surface area contributed by atoms with Crippen LogP contribution in [0.5, 0.6) is 0 Å². The van der Waals surface area contributed by atoms with E-state index in [-0.39, 0.29) is 0 Å². The molecule has 19 heavy (non-hydrogen) atoms. The maximum Gasteiger partial charge on any atom is 0.137 e. The Kier molecular flexibility index (Phi) is 3.12. The van der Waals surface area contributed by atoms with Crippen molar-refractivity contribution in [3.8, 4) is 22.6 Å². The Morgan fingerprint density at radius 3 is 2.53 bits per heavy atom. The van der Waals surface area contributed by atoms with Gasteiger partial charge in [0.2, 0.25) is 0 Å². The van der Waals surface area contributed by atoms with Crippen LogP contribution in [0.25, 0.3) is 22.6 Å². The average molecular weight is 249 g/mol. The molecule has 0 radical (unpaired) electrons. The van der Waals surface area contributed by atoms with Gasteiger partial charge in [-0.1, -0.05) is 48.5 Å². The second-order valence-corrected chi connectivity index (χ2v) is 4.42. The van der Waals surface area contributed by atoms with Crippen LogP contribution in [-0.4, -0.2) is 9.97 Å². The first kappa shape index (κ1) is 11.7. The van der Waals surface area contributed by atoms with E-state index in [1.165, 1.54) is 0 Å². The Bertz CT molecular complexity index is 671. The number of nitrogens with one attached hydrogen (secondary N) is 1. The van der Waals surface area contributed by atoms with Gasteiger partial charge < -0.3 is 10.7 Å². The van der Waals surface area contributed by atoms with Gasteiger partial charge in [-0.3, -0.25) is 0 Å². The monoisotopic (exact) mass is 249 g/mol. The molecule has 0 aliphatic heterocycles. The van der Waals surface area contributed by atoms with E-state index in [0.717, 1.165) is 28.2 Å². The molecule has 0 aliphatic rings. The summed E-state index contributed by atoms with van der Waals surface area (Å²) in [6.07, 6.45) is 1.86. The predicted molar refractivity (Wildman–Crippen MR) is 77.4 cm³/mol. The summed E-state index contributed by atoms with van der Waals surface area (Å²) < 4.78 is 0. The first-order chi connectivity index (χ1) is 9.36. The number of nitrogens with two attached hydrogens (primary N) is 1. The van der Waals surface area contributed by atoms with Crippen LogP contribution in [0.15, 0.2) is 60.8 Å². The summed E-state index contributed by atoms with van der Waals surface area (Å²) in [5.41, 5.74) is 9.99. The molecule has 0 atom stereocenters. The van der Waals surface area contributed by atoms with Gasteiger partial charge in [0.1, 0.15) is 5.82 Å². The lowest BCUT2D eigenvalue weighted by Crippen LogP contribution is -1.96. The lowest BCUT2D eigenvalue weighted by atomic mass is 10.1. The minimum absolute atomic E-state index is 0.542. The highest BCUT2D eigenvalue weighted by Gasteiger charge is 2.05. The molecule has 1 heterocycles. The fourth-order valence-corrected chi connectivity index (χ4v) is 2.08. The summed E-state index contributed by atoms with van der Waals surface area (Å²) in [5.74, 6) is 0.870. The molecule has 0 unspecified atom stereocenters. The lowest BCUT2D eigenvalue weighted by molar-refractivity contribution is 1.07. The van der Waals surface area contributed by atoms with Crippen molar-refractivity contribution in [2.75, 3.05) is 0 Å². The van der Waals surface area contributed by atoms with E-state index < -0.39 is 0 Å². The highest BCUT2D eigenvalue weighted by Crippen LogP contribution is 2.22. The van der Waals surface area contributed by atoms with E-state index in [1.54, 1.807) is 0 Å². The number of hydrogen-bond acceptors (Lipinski definition) is 2. The third-order valence-electron chi connectivity index (χ3n) is 3.10. The van der Waals surface area contributed by atoms with E-state index in [1.807, 2.05) is 42.6 Å². The minimum atomic E-state index is 0.542. The number of aromatic nitrogens is 2. The molecular formula is C16H15N3. The highest BCUT2D eigenvalue weighted by molar-refractivity contribution is 5.64. The van der Waals surface area contributed by atoms with Crippen LogP contribution in [0.4, 0.5) is 0 Å². The molecule has 0 bridgehead atoms. The molecule has 0 saturated carbocycles. The van der Waals surface area contributed by atoms with Crippen LogP contribution < -0.4 is 5.73 Å². The second kappa shape index (κ2) is 5.08. The van der Waals surface area contributed by atoms with Gasteiger partial charge in [0.05, 0.1) is 11.9 Å². The molecular weight excluding hydrogens is 234 g/mol. The summed E-state index contributed by atoms with van der Waals surface area (Å²) >= 11 is 0. The molecule has 3 heteroatoms. The number of hydrogen-bond donors (Lipinski definition) is 2. The number of nitrogens with zero attached hydrogens (tertiary/aromatic N) is 1. The topological polar surface area (TPSA) is 54.7 Å². The van der Waals surface area contributed by atoms with Crippen LogP contribution in [0, 0.1) is 0 Å². The van der Waals surface area contributed by atoms with E-state index >= 15 is 0 Å². The molecule has 0 fully saturated rings. The summed E-state index contributed by atoms with van der Waals surface area (Å²) in [5, 5.41) is 0. The molecule has 94 valence electrons. The van der Waals surface area contributed by atoms with E-state index in [9.17, 15) is 0 Å². The van der Waals surface area contributed by atoms with E-state index in [2.05, 4.69) is 28.2 Å². The van der Waals surface area contributed by atoms with Crippen molar-refractivity contribution in [2.45, 2.75) is 6.54 Å². The smallest absolute Gasteiger partial charge is 0.137 e. The molecule has 3 rings (SSSR count). The maximum absolute atomic E-state index is 5.66. The van der Waals surface area contributed by atoms with Crippen LogP contribution in [0.1, 0.15) is 5.56 Å². The summed E-state index contributed by atoms with van der Waals surface area (Å²) in [6, 6.07) is 18.3. The van der Waals surface area contributed by atoms with E-state index in [4.69, 9.17) is 5.73 Å². The Balaban J connectivity index is 1.97. The zero-order valence-corrected chi connectivity index (χ0v) is 10.5. The van der Waals surface area contributed by atoms with Crippen molar-refractivity contribution in [3.05, 3.63) is 66.4 Å². The Labute approximate surface area is 112 Å². The van der Waals surface area contributed by atoms with Crippen molar-refractivity contribution in [1.82, 2.24) is 9.97 Å². The predicted octanol–water partition coefficient (Wildman–Crippen LogP) is 3.20. The van der Waals surface area contributed by atoms with Crippen LogP contribution in [0.3, 0.4) is 0 Å². The Hall–Kier alpha value is -2.39. The van der Waals surface area contributed by atoms with Gasteiger partial charge in [-0.25, -0.2) is 4.98 Å². The first-order valence-electron chi connectivity index (χ1n) is 6.26. The van der Waals surface area contributed by atoms with Gasteiger partial charge in [-0.15, -0.1) is 0 Å². The molecule has 3 N–H and O–H groups in total. The van der Waals surface area contributed by atoms with Crippen molar-refractivity contribution in [3.63, 3.8) is 0 Å². The van der Waals surface area contributed by atoms with Crippen LogP contribution in [0.2, 0.25) is 0 Å². The highest BCUT2D eigenvalue weighted by atomic mass is 14.9. The maximum atomic E-state index is 5.66. The normalized spacial score (nSPS) is 10.6. The average Bonchev–Trinajstić information content (AvgIpc) is 2.98. The molecule has 0 aliphatic carbocycles. The largest absolute Gasteiger partial charge is 0.338 e. The minimum Gasteiger partial charge on any atom is -0.338 e. The molecule has 1 aromatic heterocycles. The van der Waals surface area contributed by atoms with Gasteiger partial charge in [-0.05, 0) is 17.2 Å². The van der Waals surface area contributed by atoms with Gasteiger partial charge in [0.15, 0.2) is 0 Å². The number of aromatic amines is 1. The van der Waals surface area contributed by atoms with Gasteiger partial charge in [0, 0.05) is 12.1 Å². The zero-order valence-electron chi connectivity index (χ0n) is 10.5. The van der Waals surface area contributed by atoms with Gasteiger partial charge >= 0.3 is 0 Å². The molecule has 0 spiro atoms. The number of imidazole rings is 1. The van der Waals surface area contributed by atoms with Crippen molar-refractivity contribution < 1.29 is 0 Å². The summed E-state index contributed by atoms with van der Waals surface area (Å²) in [6.45, 7) is 0.542. The number of benzene rings is 2. The standard InChI is InChI=1S/C16H15N3/c17-10-12-5-4-8-14(9-12)16-18-11-15(19-16)13-6-2-1-3-7-13/h1-9,11H,10,17H2,(H,18,19). The van der Waals surface area contributed by atoms with Gasteiger partial charge in [-0.2, -0.15) is 0 Å². The third kappa shape index (κ3) is 2.41. The first-order valence-corrected chi connectivity index (χ1v) is 6.26. The fourth-order valence-electron chi connectivity index (χ4n) is 2.08. The summed E-state index contributed by atoms with van der Waals surface area (Å²) in [7, 11) is 0. The zero-order chi connectivity index (χ0) is 13.1. The second-order valence-electron chi connectivity index (χ2n) is 4.42. The summed E-state index contributed by atoms with van der Waals surface area (Å²) in [4.78, 5) is 7.79. The van der Waals surface area contributed by atoms with Crippen LogP contribution >= 0.6 is 0 Å². The molecule has 3 aromatic rings. The van der Waals surface area contributed by atoms with Crippen LogP contribution in [-0.2, 0) is 6.54 Å². The Morgan fingerprint density at radius 2 is 1.74 bits per heavy atom. The number of rotatable bonds is 3. The van der Waals surface area contributed by atoms with E-state index in [0.29, 0.717) is 6.54 Å². The molecule has 0 saturated heterocycles. The fraction of sp³-hybridized carbons (Fsp3) is 0.0625. The number of H-pyrrole nitrogens is 1. The lowest BCUT2D eigenvalue weighted by Gasteiger charge is -2.00. The quantitative estimate of drug-likeness (QED) is 0.749. The SMILES string of the molecule is NCc1cccc(-c2ncc(-c3ccccc3)[nH]2)c1. The van der Waals surface area contributed by atoms with Crippen molar-refractivity contribution >= 4 is 0 Å². The third-order valence-corrected chi connectivity index (χ3v) is 3.10. The van der Waals surface area contributed by atoms with Gasteiger partial charge in [0.25, 0.3) is 0 Å².